The maximum Gasteiger partial charge on any atom is 0.255 e. The van der Waals surface area contributed by atoms with Crippen LogP contribution in [-0.2, 0) is 13.6 Å². The molecule has 0 saturated carbocycles. The molecule has 0 aliphatic rings. The first-order valence-electron chi connectivity index (χ1n) is 6.05. The first-order chi connectivity index (χ1) is 9.00. The Morgan fingerprint density at radius 2 is 2.05 bits per heavy atom. The van der Waals surface area contributed by atoms with Crippen molar-refractivity contribution in [3.05, 3.63) is 46.2 Å². The molecule has 0 aliphatic heterocycles. The molecule has 5 heteroatoms. The minimum absolute atomic E-state index is 0.0333. The van der Waals surface area contributed by atoms with Crippen molar-refractivity contribution in [1.82, 2.24) is 9.47 Å². The van der Waals surface area contributed by atoms with Crippen LogP contribution in [0.1, 0.15) is 5.56 Å². The lowest BCUT2D eigenvalue weighted by Gasteiger charge is -2.11. The summed E-state index contributed by atoms with van der Waals surface area (Å²) in [4.78, 5) is 18.1. The Kier molecular flexibility index (Phi) is 3.55. The number of aliphatic imine (C=N–C) groups is 1. The summed E-state index contributed by atoms with van der Waals surface area (Å²) in [5.41, 5.74) is 7.26. The summed E-state index contributed by atoms with van der Waals surface area (Å²) in [6.07, 6.45) is 0. The second-order valence-electron chi connectivity index (χ2n) is 4.66. The van der Waals surface area contributed by atoms with Gasteiger partial charge >= 0.3 is 0 Å². The maximum absolute atomic E-state index is 12.2. The lowest BCUT2D eigenvalue weighted by Crippen LogP contribution is -2.30. The van der Waals surface area contributed by atoms with E-state index >= 15 is 0 Å². The molecule has 1 heterocycles. The first-order valence-corrected chi connectivity index (χ1v) is 6.05. The van der Waals surface area contributed by atoms with Crippen LogP contribution in [0.25, 0.3) is 10.9 Å². The summed E-state index contributed by atoms with van der Waals surface area (Å²) in [5, 5.41) is 1.03. The Morgan fingerprint density at radius 1 is 1.37 bits per heavy atom. The fraction of sp³-hybridized carbons (Fsp3) is 0.286. The lowest BCUT2D eigenvalue weighted by molar-refractivity contribution is 0.609. The summed E-state index contributed by atoms with van der Waals surface area (Å²) < 4.78 is 1.64. The van der Waals surface area contributed by atoms with E-state index in [9.17, 15) is 4.79 Å². The van der Waals surface area contributed by atoms with Crippen molar-refractivity contribution in [2.45, 2.75) is 6.54 Å². The minimum atomic E-state index is -0.0333. The van der Waals surface area contributed by atoms with Crippen molar-refractivity contribution in [2.75, 3.05) is 14.1 Å². The number of nitrogens with zero attached hydrogens (tertiary/aromatic N) is 3. The molecule has 2 rings (SSSR count). The number of aryl methyl sites for hydroxylation is 1. The van der Waals surface area contributed by atoms with Gasteiger partial charge in [-0.25, -0.2) is 4.99 Å². The highest BCUT2D eigenvalue weighted by Crippen LogP contribution is 2.12. The number of rotatable bonds is 2. The molecule has 2 aromatic rings. The quantitative estimate of drug-likeness (QED) is 0.643. The second-order valence-corrected chi connectivity index (χ2v) is 4.66. The lowest BCUT2D eigenvalue weighted by atomic mass is 10.1. The van der Waals surface area contributed by atoms with Gasteiger partial charge in [0.2, 0.25) is 0 Å². The summed E-state index contributed by atoms with van der Waals surface area (Å²) in [5.74, 6) is 0.412. The van der Waals surface area contributed by atoms with Crippen LogP contribution in [0.15, 0.2) is 40.1 Å². The van der Waals surface area contributed by atoms with Crippen LogP contribution in [0.3, 0.4) is 0 Å². The van der Waals surface area contributed by atoms with Gasteiger partial charge in [0.25, 0.3) is 5.56 Å². The van der Waals surface area contributed by atoms with Gasteiger partial charge in [-0.15, -0.1) is 0 Å². The molecule has 1 aromatic carbocycles. The molecule has 0 spiro atoms. The highest BCUT2D eigenvalue weighted by atomic mass is 16.1. The third-order valence-electron chi connectivity index (χ3n) is 3.08. The van der Waals surface area contributed by atoms with Gasteiger partial charge in [-0.05, 0) is 17.5 Å². The van der Waals surface area contributed by atoms with Gasteiger partial charge in [0.15, 0.2) is 5.96 Å². The molecule has 0 aliphatic carbocycles. The molecule has 100 valence electrons. The van der Waals surface area contributed by atoms with E-state index in [0.717, 1.165) is 10.9 Å². The molecule has 2 N–H and O–H groups in total. The maximum atomic E-state index is 12.2. The number of pyridine rings is 1. The minimum Gasteiger partial charge on any atom is -0.370 e. The summed E-state index contributed by atoms with van der Waals surface area (Å²) in [6, 6.07) is 9.66. The molecule has 0 amide bonds. The van der Waals surface area contributed by atoms with Crippen LogP contribution in [-0.4, -0.2) is 29.5 Å². The fourth-order valence-corrected chi connectivity index (χ4v) is 1.91. The number of benzene rings is 1. The number of aromatic nitrogens is 1. The van der Waals surface area contributed by atoms with Crippen molar-refractivity contribution < 1.29 is 0 Å². The molecule has 0 bridgehead atoms. The number of para-hydroxylation sites is 1. The van der Waals surface area contributed by atoms with Gasteiger partial charge in [-0.2, -0.15) is 0 Å². The van der Waals surface area contributed by atoms with Crippen molar-refractivity contribution in [2.24, 2.45) is 17.8 Å². The van der Waals surface area contributed by atoms with Crippen LogP contribution in [0.5, 0.6) is 0 Å². The number of fused-ring (bicyclic) bond motifs is 1. The number of guanidine groups is 1. The normalized spacial score (nSPS) is 11.8. The van der Waals surface area contributed by atoms with Crippen LogP contribution in [0, 0.1) is 0 Å². The molecule has 0 atom stereocenters. The van der Waals surface area contributed by atoms with Crippen molar-refractivity contribution in [3.63, 3.8) is 0 Å². The van der Waals surface area contributed by atoms with Crippen LogP contribution in [0.2, 0.25) is 0 Å². The van der Waals surface area contributed by atoms with E-state index in [1.54, 1.807) is 16.5 Å². The van der Waals surface area contributed by atoms with Crippen molar-refractivity contribution in [3.8, 4) is 0 Å². The van der Waals surface area contributed by atoms with Gasteiger partial charge in [-0.3, -0.25) is 4.79 Å². The van der Waals surface area contributed by atoms with Crippen LogP contribution in [0.4, 0.5) is 0 Å². The predicted octanol–water partition coefficient (Wildman–Crippen LogP) is 0.915. The third-order valence-corrected chi connectivity index (χ3v) is 3.08. The Labute approximate surface area is 112 Å². The first kappa shape index (κ1) is 13.1. The number of hydrogen-bond donors (Lipinski definition) is 1. The SMILES string of the molecule is CN(C)C(N)=NCc1cc2ccccc2n(C)c1=O. The summed E-state index contributed by atoms with van der Waals surface area (Å²) in [6.45, 7) is 0.293. The summed E-state index contributed by atoms with van der Waals surface area (Å²) >= 11 is 0. The Hall–Kier alpha value is -2.30. The molecule has 0 unspecified atom stereocenters. The van der Waals surface area contributed by atoms with Crippen LogP contribution >= 0.6 is 0 Å². The molecule has 0 saturated heterocycles. The molecule has 1 aromatic heterocycles. The summed E-state index contributed by atoms with van der Waals surface area (Å²) in [7, 11) is 5.40. The van der Waals surface area contributed by atoms with E-state index in [2.05, 4.69) is 4.99 Å². The Bertz CT molecular complexity index is 685. The van der Waals surface area contributed by atoms with Gasteiger partial charge in [0.05, 0.1) is 12.1 Å². The van der Waals surface area contributed by atoms with Crippen molar-refractivity contribution in [1.29, 1.82) is 0 Å². The number of hydrogen-bond acceptors (Lipinski definition) is 2. The second kappa shape index (κ2) is 5.14. The zero-order valence-electron chi connectivity index (χ0n) is 11.4. The average Bonchev–Trinajstić information content (AvgIpc) is 2.40. The topological polar surface area (TPSA) is 63.6 Å². The Morgan fingerprint density at radius 3 is 2.74 bits per heavy atom. The average molecular weight is 258 g/mol. The molecule has 0 fully saturated rings. The monoisotopic (exact) mass is 258 g/mol. The molecular formula is C14H18N4O. The van der Waals surface area contributed by atoms with Gasteiger partial charge in [0, 0.05) is 26.7 Å². The van der Waals surface area contributed by atoms with E-state index in [1.165, 1.54) is 0 Å². The molecule has 0 radical (unpaired) electrons. The van der Waals surface area contributed by atoms with Gasteiger partial charge in [0.1, 0.15) is 0 Å². The van der Waals surface area contributed by atoms with Gasteiger partial charge < -0.3 is 15.2 Å². The fourth-order valence-electron chi connectivity index (χ4n) is 1.91. The van der Waals surface area contributed by atoms with E-state index in [0.29, 0.717) is 18.1 Å². The molecular weight excluding hydrogens is 240 g/mol. The van der Waals surface area contributed by atoms with Gasteiger partial charge in [-0.1, -0.05) is 18.2 Å². The zero-order chi connectivity index (χ0) is 14.0. The van der Waals surface area contributed by atoms with Crippen molar-refractivity contribution >= 4 is 16.9 Å². The highest BCUT2D eigenvalue weighted by molar-refractivity contribution is 5.80. The smallest absolute Gasteiger partial charge is 0.255 e. The van der Waals surface area contributed by atoms with E-state index < -0.39 is 0 Å². The highest BCUT2D eigenvalue weighted by Gasteiger charge is 2.06. The van der Waals surface area contributed by atoms with E-state index in [4.69, 9.17) is 5.73 Å². The van der Waals surface area contributed by atoms with Crippen LogP contribution < -0.4 is 11.3 Å². The standard InChI is InChI=1S/C14H18N4O/c1-17(2)14(15)16-9-11-8-10-6-4-5-7-12(10)18(3)13(11)19/h4-8H,9H2,1-3H3,(H2,15,16). The van der Waals surface area contributed by atoms with E-state index in [-0.39, 0.29) is 5.56 Å². The Balaban J connectivity index is 2.48. The molecule has 5 nitrogen and oxygen atoms in total. The predicted molar refractivity (Wildman–Crippen MR) is 78.2 cm³/mol. The largest absolute Gasteiger partial charge is 0.370 e. The molecule has 19 heavy (non-hydrogen) atoms. The van der Waals surface area contributed by atoms with E-state index in [1.807, 2.05) is 44.4 Å². The number of nitrogens with two attached hydrogens (primary N) is 1. The zero-order valence-corrected chi connectivity index (χ0v) is 11.4. The third kappa shape index (κ3) is 2.59.